The number of Topliss-reactive ketones (excluding diaryl/α,β-unsaturated/α-hetero) is 1. The van der Waals surface area contributed by atoms with Gasteiger partial charge in [-0.1, -0.05) is 6.92 Å². The second kappa shape index (κ2) is 5.44. The van der Waals surface area contributed by atoms with Crippen LogP contribution in [0.25, 0.3) is 11.0 Å². The van der Waals surface area contributed by atoms with Crippen molar-refractivity contribution in [3.8, 4) is 0 Å². The third kappa shape index (κ3) is 2.42. The highest BCUT2D eigenvalue weighted by Gasteiger charge is 2.26. The number of carbonyl (C=O) groups is 1. The van der Waals surface area contributed by atoms with Crippen molar-refractivity contribution >= 4 is 22.8 Å². The van der Waals surface area contributed by atoms with Gasteiger partial charge in [0, 0.05) is 31.3 Å². The van der Waals surface area contributed by atoms with Crippen LogP contribution in [0.15, 0.2) is 11.0 Å². The molecule has 1 aliphatic heterocycles. The number of rotatable bonds is 1. The van der Waals surface area contributed by atoms with E-state index in [0.717, 1.165) is 37.9 Å². The number of H-pyrrole nitrogens is 1. The van der Waals surface area contributed by atoms with Crippen molar-refractivity contribution in [2.75, 3.05) is 18.0 Å². The number of hydrogen-bond donors (Lipinski definition) is 1. The van der Waals surface area contributed by atoms with Gasteiger partial charge in [-0.3, -0.25) is 14.6 Å². The van der Waals surface area contributed by atoms with E-state index in [4.69, 9.17) is 0 Å². The molecule has 3 heterocycles. The van der Waals surface area contributed by atoms with Crippen LogP contribution in [0.2, 0.25) is 0 Å². The molecule has 2 aromatic heterocycles. The number of nitrogens with zero attached hydrogens (tertiary/aromatic N) is 3. The zero-order valence-corrected chi connectivity index (χ0v) is 13.3. The lowest BCUT2D eigenvalue weighted by Crippen LogP contribution is -2.33. The molecule has 2 aliphatic rings. The Morgan fingerprint density at radius 1 is 1.17 bits per heavy atom. The molecule has 6 heteroatoms. The predicted molar refractivity (Wildman–Crippen MR) is 88.0 cm³/mol. The van der Waals surface area contributed by atoms with E-state index in [-0.39, 0.29) is 17.3 Å². The van der Waals surface area contributed by atoms with Gasteiger partial charge in [0.1, 0.15) is 0 Å². The lowest BCUT2D eigenvalue weighted by Gasteiger charge is -2.27. The smallest absolute Gasteiger partial charge is 0.262 e. The summed E-state index contributed by atoms with van der Waals surface area (Å²) in [4.78, 5) is 38.7. The summed E-state index contributed by atoms with van der Waals surface area (Å²) in [7, 11) is 0. The van der Waals surface area contributed by atoms with Gasteiger partial charge < -0.3 is 4.90 Å². The largest absolute Gasteiger partial charge is 0.342 e. The number of piperidine rings is 1. The summed E-state index contributed by atoms with van der Waals surface area (Å²) >= 11 is 0. The lowest BCUT2D eigenvalue weighted by atomic mass is 9.84. The minimum atomic E-state index is -0.179. The number of hydrogen-bond acceptors (Lipinski definition) is 5. The van der Waals surface area contributed by atoms with Gasteiger partial charge in [0.25, 0.3) is 5.56 Å². The fourth-order valence-electron chi connectivity index (χ4n) is 3.71. The van der Waals surface area contributed by atoms with E-state index in [1.165, 1.54) is 6.42 Å². The van der Waals surface area contributed by atoms with Crippen LogP contribution in [0.5, 0.6) is 0 Å². The van der Waals surface area contributed by atoms with Crippen LogP contribution in [-0.4, -0.2) is 33.8 Å². The molecule has 0 radical (unpaired) electrons. The van der Waals surface area contributed by atoms with E-state index in [1.54, 1.807) is 6.20 Å². The van der Waals surface area contributed by atoms with Crippen molar-refractivity contribution in [3.05, 3.63) is 27.7 Å². The first-order chi connectivity index (χ1) is 11.1. The highest BCUT2D eigenvalue weighted by molar-refractivity contribution is 6.02. The van der Waals surface area contributed by atoms with Gasteiger partial charge in [0.15, 0.2) is 11.4 Å². The molecule has 0 saturated carbocycles. The molecule has 4 rings (SSSR count). The molecule has 2 aromatic rings. The quantitative estimate of drug-likeness (QED) is 0.872. The zero-order chi connectivity index (χ0) is 16.0. The first-order valence-corrected chi connectivity index (χ1v) is 8.33. The van der Waals surface area contributed by atoms with E-state index in [9.17, 15) is 9.59 Å². The molecule has 1 N–H and O–H groups in total. The Kier molecular flexibility index (Phi) is 3.39. The van der Waals surface area contributed by atoms with Crippen LogP contribution in [-0.2, 0) is 6.42 Å². The van der Waals surface area contributed by atoms with Crippen LogP contribution < -0.4 is 10.5 Å². The Hall–Kier alpha value is -2.24. The molecule has 23 heavy (non-hydrogen) atoms. The summed E-state index contributed by atoms with van der Waals surface area (Å²) in [6.07, 6.45) is 6.31. The summed E-state index contributed by atoms with van der Waals surface area (Å²) in [5.74, 6) is 0.930. The van der Waals surface area contributed by atoms with E-state index in [1.807, 2.05) is 6.92 Å². The van der Waals surface area contributed by atoms with Gasteiger partial charge in [-0.25, -0.2) is 4.98 Å². The van der Waals surface area contributed by atoms with Crippen molar-refractivity contribution in [1.82, 2.24) is 15.0 Å². The van der Waals surface area contributed by atoms with E-state index >= 15 is 0 Å². The Balaban J connectivity index is 1.87. The highest BCUT2D eigenvalue weighted by Crippen LogP contribution is 2.28. The van der Waals surface area contributed by atoms with Crippen LogP contribution in [0.1, 0.15) is 48.5 Å². The third-order valence-corrected chi connectivity index (χ3v) is 4.87. The van der Waals surface area contributed by atoms with E-state index < -0.39 is 0 Å². The first kappa shape index (κ1) is 14.4. The van der Waals surface area contributed by atoms with Crippen LogP contribution in [0.4, 0.5) is 5.95 Å². The van der Waals surface area contributed by atoms with Gasteiger partial charge in [-0.15, -0.1) is 0 Å². The Morgan fingerprint density at radius 3 is 2.74 bits per heavy atom. The molecule has 1 saturated heterocycles. The van der Waals surface area contributed by atoms with Gasteiger partial charge in [-0.2, -0.15) is 4.98 Å². The predicted octanol–water partition coefficient (Wildman–Crippen LogP) is 2.07. The second-order valence-corrected chi connectivity index (χ2v) is 6.72. The van der Waals surface area contributed by atoms with Crippen LogP contribution in [0, 0.1) is 5.92 Å². The first-order valence-electron chi connectivity index (χ1n) is 8.33. The average Bonchev–Trinajstić information content (AvgIpc) is 2.54. The maximum Gasteiger partial charge on any atom is 0.262 e. The molecule has 1 unspecified atom stereocenters. The third-order valence-electron chi connectivity index (χ3n) is 4.87. The Morgan fingerprint density at radius 2 is 1.96 bits per heavy atom. The average molecular weight is 312 g/mol. The molecular weight excluding hydrogens is 292 g/mol. The summed E-state index contributed by atoms with van der Waals surface area (Å²) in [6, 6.07) is 0. The molecule has 0 aromatic carbocycles. The topological polar surface area (TPSA) is 79.0 Å². The number of nitrogens with one attached hydrogen (secondary N) is 1. The number of anilines is 1. The zero-order valence-electron chi connectivity index (χ0n) is 13.3. The number of ketones is 1. The van der Waals surface area contributed by atoms with Gasteiger partial charge in [-0.05, 0) is 37.2 Å². The van der Waals surface area contributed by atoms with E-state index in [0.29, 0.717) is 29.0 Å². The van der Waals surface area contributed by atoms with Crippen molar-refractivity contribution in [2.45, 2.75) is 39.0 Å². The molecule has 0 spiro atoms. The molecule has 1 atom stereocenters. The fourth-order valence-corrected chi connectivity index (χ4v) is 3.71. The normalized spacial score (nSPS) is 21.5. The van der Waals surface area contributed by atoms with E-state index in [2.05, 4.69) is 19.9 Å². The second-order valence-electron chi connectivity index (χ2n) is 6.72. The minimum Gasteiger partial charge on any atom is -0.342 e. The molecule has 1 aliphatic carbocycles. The van der Waals surface area contributed by atoms with Crippen molar-refractivity contribution in [2.24, 2.45) is 5.92 Å². The van der Waals surface area contributed by atoms with Crippen LogP contribution >= 0.6 is 0 Å². The SMILES string of the molecule is CC1CC(=O)c2cnc3nc(N4CCCCC4)[nH]c(=O)c3c2C1. The Labute approximate surface area is 133 Å². The maximum absolute atomic E-state index is 12.7. The summed E-state index contributed by atoms with van der Waals surface area (Å²) in [6.45, 7) is 3.86. The van der Waals surface area contributed by atoms with Gasteiger partial charge in [0.05, 0.1) is 5.39 Å². The summed E-state index contributed by atoms with van der Waals surface area (Å²) in [5, 5.41) is 0.489. The fraction of sp³-hybridized carbons (Fsp3) is 0.529. The molecule has 0 bridgehead atoms. The number of fused-ring (bicyclic) bond motifs is 3. The monoisotopic (exact) mass is 312 g/mol. The summed E-state index contributed by atoms with van der Waals surface area (Å²) < 4.78 is 0. The molecule has 6 nitrogen and oxygen atoms in total. The molecule has 120 valence electrons. The lowest BCUT2D eigenvalue weighted by molar-refractivity contribution is 0.0953. The maximum atomic E-state index is 12.7. The summed E-state index contributed by atoms with van der Waals surface area (Å²) in [5.41, 5.74) is 1.68. The van der Waals surface area contributed by atoms with Gasteiger partial charge >= 0.3 is 0 Å². The van der Waals surface area contributed by atoms with Crippen molar-refractivity contribution < 1.29 is 4.79 Å². The van der Waals surface area contributed by atoms with Gasteiger partial charge in [0.2, 0.25) is 5.95 Å². The molecule has 0 amide bonds. The number of carbonyl (C=O) groups excluding carboxylic acids is 1. The van der Waals surface area contributed by atoms with Crippen molar-refractivity contribution in [1.29, 1.82) is 0 Å². The highest BCUT2D eigenvalue weighted by atomic mass is 16.1. The number of aromatic amines is 1. The molecular formula is C17H20N4O2. The Bertz CT molecular complexity index is 836. The number of aromatic nitrogens is 3. The van der Waals surface area contributed by atoms with Crippen molar-refractivity contribution in [3.63, 3.8) is 0 Å². The molecule has 1 fully saturated rings. The number of pyridine rings is 1. The van der Waals surface area contributed by atoms with Crippen LogP contribution in [0.3, 0.4) is 0 Å². The minimum absolute atomic E-state index is 0.0765. The standard InChI is InChI=1S/C17H20N4O2/c1-10-7-11-12(13(22)8-10)9-18-15-14(11)16(23)20-17(19-15)21-5-3-2-4-6-21/h9-10H,2-8H2,1H3,(H,18,19,20,23).